The predicted molar refractivity (Wildman–Crippen MR) is 71.7 cm³/mol. The second-order valence-corrected chi connectivity index (χ2v) is 5.46. The fraction of sp³-hybridized carbons (Fsp3) is 0.462. The smallest absolute Gasteiger partial charge is 0.183 e. The van der Waals surface area contributed by atoms with E-state index in [2.05, 4.69) is 16.4 Å². The van der Waals surface area contributed by atoms with Crippen LogP contribution in [-0.2, 0) is 4.74 Å². The van der Waals surface area contributed by atoms with Crippen LogP contribution >= 0.6 is 11.3 Å². The number of ether oxygens (including phenoxy) is 1. The highest BCUT2D eigenvalue weighted by molar-refractivity contribution is 7.22. The summed E-state index contributed by atoms with van der Waals surface area (Å²) < 4.78 is 6.80. The topological polar surface area (TPSA) is 34.1 Å². The third-order valence-electron chi connectivity index (χ3n) is 2.87. The van der Waals surface area contributed by atoms with Gasteiger partial charge in [-0.25, -0.2) is 4.98 Å². The number of fused-ring (bicyclic) bond motifs is 1. The van der Waals surface area contributed by atoms with Crippen LogP contribution in [0.4, 0.5) is 5.13 Å². The lowest BCUT2D eigenvalue weighted by Gasteiger charge is -2.03. The van der Waals surface area contributed by atoms with E-state index in [9.17, 15) is 0 Å². The Morgan fingerprint density at radius 2 is 2.24 bits per heavy atom. The van der Waals surface area contributed by atoms with Crippen molar-refractivity contribution in [1.82, 2.24) is 4.98 Å². The monoisotopic (exact) mass is 248 g/mol. The van der Waals surface area contributed by atoms with Crippen molar-refractivity contribution in [3.63, 3.8) is 0 Å². The number of nitrogens with zero attached hydrogens (tertiary/aromatic N) is 1. The molecule has 1 saturated carbocycles. The second-order valence-electron chi connectivity index (χ2n) is 4.43. The van der Waals surface area contributed by atoms with Gasteiger partial charge in [0.25, 0.3) is 0 Å². The van der Waals surface area contributed by atoms with E-state index in [0.717, 1.165) is 36.3 Å². The molecule has 3 nitrogen and oxygen atoms in total. The summed E-state index contributed by atoms with van der Waals surface area (Å²) in [5, 5.41) is 4.30. The molecule has 0 bridgehead atoms. The van der Waals surface area contributed by atoms with Gasteiger partial charge in [-0.2, -0.15) is 0 Å². The van der Waals surface area contributed by atoms with E-state index in [1.807, 2.05) is 18.2 Å². The van der Waals surface area contributed by atoms with Crippen LogP contribution in [0.1, 0.15) is 12.8 Å². The van der Waals surface area contributed by atoms with Crippen LogP contribution < -0.4 is 5.32 Å². The molecule has 1 aromatic carbocycles. The molecule has 0 saturated heterocycles. The van der Waals surface area contributed by atoms with E-state index >= 15 is 0 Å². The number of anilines is 1. The lowest BCUT2D eigenvalue weighted by Crippen LogP contribution is -2.10. The average Bonchev–Trinajstić information content (AvgIpc) is 3.07. The number of thiazole rings is 1. The van der Waals surface area contributed by atoms with Crippen molar-refractivity contribution >= 4 is 26.7 Å². The molecule has 0 amide bonds. The molecule has 0 unspecified atom stereocenters. The van der Waals surface area contributed by atoms with Gasteiger partial charge in [0.1, 0.15) is 0 Å². The fourth-order valence-corrected chi connectivity index (χ4v) is 2.60. The van der Waals surface area contributed by atoms with E-state index in [1.54, 1.807) is 11.3 Å². The first-order valence-corrected chi connectivity index (χ1v) is 6.90. The first-order valence-electron chi connectivity index (χ1n) is 6.09. The van der Waals surface area contributed by atoms with E-state index in [1.165, 1.54) is 17.5 Å². The normalized spacial score (nSPS) is 15.3. The summed E-state index contributed by atoms with van der Waals surface area (Å²) in [5.41, 5.74) is 1.07. The molecule has 1 fully saturated rings. The highest BCUT2D eigenvalue weighted by Crippen LogP contribution is 2.28. The van der Waals surface area contributed by atoms with Gasteiger partial charge < -0.3 is 10.1 Å². The van der Waals surface area contributed by atoms with Crippen molar-refractivity contribution in [2.45, 2.75) is 12.8 Å². The van der Waals surface area contributed by atoms with Crippen LogP contribution in [0.5, 0.6) is 0 Å². The summed E-state index contributed by atoms with van der Waals surface area (Å²) in [5.74, 6) is 0.845. The highest BCUT2D eigenvalue weighted by Gasteiger charge is 2.20. The Morgan fingerprint density at radius 1 is 1.35 bits per heavy atom. The Balaban J connectivity index is 1.46. The van der Waals surface area contributed by atoms with Crippen molar-refractivity contribution in [1.29, 1.82) is 0 Å². The van der Waals surface area contributed by atoms with Crippen LogP contribution in [0.15, 0.2) is 24.3 Å². The van der Waals surface area contributed by atoms with Gasteiger partial charge in [0.2, 0.25) is 0 Å². The van der Waals surface area contributed by atoms with Crippen LogP contribution in [0, 0.1) is 5.92 Å². The Labute approximate surface area is 105 Å². The number of para-hydroxylation sites is 1. The molecule has 1 heterocycles. The van der Waals surface area contributed by atoms with Gasteiger partial charge in [-0.15, -0.1) is 0 Å². The summed E-state index contributed by atoms with van der Waals surface area (Å²) in [6.45, 7) is 2.54. The maximum Gasteiger partial charge on any atom is 0.183 e. The van der Waals surface area contributed by atoms with E-state index in [4.69, 9.17) is 4.74 Å². The third-order valence-corrected chi connectivity index (χ3v) is 3.86. The van der Waals surface area contributed by atoms with Crippen molar-refractivity contribution in [2.24, 2.45) is 5.92 Å². The summed E-state index contributed by atoms with van der Waals surface area (Å²) in [6, 6.07) is 8.20. The molecule has 3 rings (SSSR count). The standard InChI is InChI=1S/C13H16N2OS/c1-2-4-12-11(3-1)15-13(17-12)14-7-8-16-9-10-5-6-10/h1-4,10H,5-9H2,(H,14,15). The molecule has 1 aliphatic rings. The molecular weight excluding hydrogens is 232 g/mol. The maximum atomic E-state index is 5.57. The first kappa shape index (κ1) is 11.0. The van der Waals surface area contributed by atoms with Crippen molar-refractivity contribution in [2.75, 3.05) is 25.1 Å². The van der Waals surface area contributed by atoms with Crippen LogP contribution in [-0.4, -0.2) is 24.7 Å². The zero-order valence-electron chi connectivity index (χ0n) is 9.69. The fourth-order valence-electron chi connectivity index (χ4n) is 1.71. The number of hydrogen-bond acceptors (Lipinski definition) is 4. The average molecular weight is 248 g/mol. The molecule has 0 aliphatic heterocycles. The molecule has 1 aliphatic carbocycles. The SMILES string of the molecule is c1ccc2sc(NCCOCC3CC3)nc2c1. The zero-order valence-corrected chi connectivity index (χ0v) is 10.5. The molecule has 90 valence electrons. The first-order chi connectivity index (χ1) is 8.42. The minimum Gasteiger partial charge on any atom is -0.379 e. The molecule has 0 radical (unpaired) electrons. The molecule has 2 aromatic rings. The van der Waals surface area contributed by atoms with E-state index < -0.39 is 0 Å². The lowest BCUT2D eigenvalue weighted by atomic mass is 10.3. The Morgan fingerprint density at radius 3 is 3.06 bits per heavy atom. The quantitative estimate of drug-likeness (QED) is 0.797. The number of nitrogens with one attached hydrogen (secondary N) is 1. The minimum atomic E-state index is 0.770. The Bertz CT molecular complexity index is 460. The number of rotatable bonds is 6. The van der Waals surface area contributed by atoms with Gasteiger partial charge in [0.05, 0.1) is 16.8 Å². The third kappa shape index (κ3) is 2.96. The van der Waals surface area contributed by atoms with E-state index in [0.29, 0.717) is 0 Å². The van der Waals surface area contributed by atoms with Crippen molar-refractivity contribution in [3.05, 3.63) is 24.3 Å². The summed E-state index contributed by atoms with van der Waals surface area (Å²) in [7, 11) is 0. The predicted octanol–water partition coefficient (Wildman–Crippen LogP) is 3.13. The lowest BCUT2D eigenvalue weighted by molar-refractivity contribution is 0.134. The molecule has 0 spiro atoms. The Kier molecular flexibility index (Phi) is 3.25. The maximum absolute atomic E-state index is 5.57. The molecule has 1 aromatic heterocycles. The zero-order chi connectivity index (χ0) is 11.5. The number of hydrogen-bond donors (Lipinski definition) is 1. The Hall–Kier alpha value is -1.13. The van der Waals surface area contributed by atoms with Gasteiger partial charge in [0, 0.05) is 13.2 Å². The number of benzene rings is 1. The molecule has 4 heteroatoms. The van der Waals surface area contributed by atoms with Gasteiger partial charge in [-0.3, -0.25) is 0 Å². The molecule has 17 heavy (non-hydrogen) atoms. The van der Waals surface area contributed by atoms with Crippen molar-refractivity contribution < 1.29 is 4.74 Å². The van der Waals surface area contributed by atoms with Gasteiger partial charge in [-0.1, -0.05) is 23.5 Å². The summed E-state index contributed by atoms with van der Waals surface area (Å²) in [6.07, 6.45) is 2.70. The molecule has 1 N–H and O–H groups in total. The van der Waals surface area contributed by atoms with Crippen LogP contribution in [0.2, 0.25) is 0 Å². The summed E-state index contributed by atoms with van der Waals surface area (Å²) >= 11 is 1.70. The van der Waals surface area contributed by atoms with E-state index in [-0.39, 0.29) is 0 Å². The van der Waals surface area contributed by atoms with Gasteiger partial charge in [0.15, 0.2) is 5.13 Å². The van der Waals surface area contributed by atoms with Crippen molar-refractivity contribution in [3.8, 4) is 0 Å². The van der Waals surface area contributed by atoms with Crippen LogP contribution in [0.25, 0.3) is 10.2 Å². The second kappa shape index (κ2) is 5.02. The van der Waals surface area contributed by atoms with Gasteiger partial charge in [-0.05, 0) is 30.9 Å². The number of aromatic nitrogens is 1. The minimum absolute atomic E-state index is 0.770. The largest absolute Gasteiger partial charge is 0.379 e. The molecule has 0 atom stereocenters. The highest BCUT2D eigenvalue weighted by atomic mass is 32.1. The summed E-state index contributed by atoms with van der Waals surface area (Å²) in [4.78, 5) is 4.51. The molecular formula is C13H16N2OS. The van der Waals surface area contributed by atoms with Crippen LogP contribution in [0.3, 0.4) is 0 Å². The van der Waals surface area contributed by atoms with Gasteiger partial charge >= 0.3 is 0 Å².